The Balaban J connectivity index is 2.88. The Labute approximate surface area is 97.8 Å². The lowest BCUT2D eigenvalue weighted by Gasteiger charge is -2.12. The number of carbonyl (C=O) groups is 1. The summed E-state index contributed by atoms with van der Waals surface area (Å²) in [4.78, 5) is 11.3. The van der Waals surface area contributed by atoms with Gasteiger partial charge in [0.25, 0.3) is 0 Å². The Bertz CT molecular complexity index is 363. The van der Waals surface area contributed by atoms with E-state index in [1.807, 2.05) is 13.0 Å². The monoisotopic (exact) mass is 272 g/mol. The summed E-state index contributed by atoms with van der Waals surface area (Å²) in [7, 11) is 0. The summed E-state index contributed by atoms with van der Waals surface area (Å²) in [6.07, 6.45) is 1.39. The van der Waals surface area contributed by atoms with Gasteiger partial charge in [-0.3, -0.25) is 4.79 Å². The largest absolute Gasteiger partial charge is 0.300 e. The number of benzene rings is 1. The number of halogens is 2. The average Bonchev–Trinajstić information content (AvgIpc) is 2.19. The Hall–Kier alpha value is -0.700. The van der Waals surface area contributed by atoms with Crippen molar-refractivity contribution < 1.29 is 9.18 Å². The van der Waals surface area contributed by atoms with Crippen molar-refractivity contribution in [1.82, 2.24) is 0 Å². The SMILES string of the molecule is CCC(Cc1cccc(F)c1Br)C(C)=O. The van der Waals surface area contributed by atoms with Gasteiger partial charge in [0.15, 0.2) is 0 Å². The molecule has 0 heterocycles. The lowest BCUT2D eigenvalue weighted by atomic mass is 9.94. The van der Waals surface area contributed by atoms with Crippen LogP contribution in [0.5, 0.6) is 0 Å². The fourth-order valence-electron chi connectivity index (χ4n) is 1.55. The molecule has 1 atom stereocenters. The first-order valence-electron chi connectivity index (χ1n) is 4.99. The smallest absolute Gasteiger partial charge is 0.137 e. The van der Waals surface area contributed by atoms with Crippen molar-refractivity contribution >= 4 is 21.7 Å². The van der Waals surface area contributed by atoms with E-state index >= 15 is 0 Å². The molecule has 0 fully saturated rings. The van der Waals surface area contributed by atoms with Crippen molar-refractivity contribution in [1.29, 1.82) is 0 Å². The molecule has 0 aliphatic heterocycles. The number of rotatable bonds is 4. The van der Waals surface area contributed by atoms with E-state index in [9.17, 15) is 9.18 Å². The first-order chi connectivity index (χ1) is 7.06. The zero-order valence-electron chi connectivity index (χ0n) is 8.89. The van der Waals surface area contributed by atoms with Crippen molar-refractivity contribution in [3.63, 3.8) is 0 Å². The van der Waals surface area contributed by atoms with Crippen molar-refractivity contribution in [2.75, 3.05) is 0 Å². The number of Topliss-reactive ketones (excluding diaryl/α,β-unsaturated/α-hetero) is 1. The summed E-state index contributed by atoms with van der Waals surface area (Å²) in [5.41, 5.74) is 0.858. The van der Waals surface area contributed by atoms with Crippen molar-refractivity contribution in [3.8, 4) is 0 Å². The van der Waals surface area contributed by atoms with Gasteiger partial charge in [-0.1, -0.05) is 19.1 Å². The van der Waals surface area contributed by atoms with Crippen LogP contribution in [0.3, 0.4) is 0 Å². The topological polar surface area (TPSA) is 17.1 Å². The highest BCUT2D eigenvalue weighted by atomic mass is 79.9. The summed E-state index contributed by atoms with van der Waals surface area (Å²) in [5.74, 6) is -0.123. The molecule has 0 saturated carbocycles. The third kappa shape index (κ3) is 3.13. The lowest BCUT2D eigenvalue weighted by molar-refractivity contribution is -0.120. The van der Waals surface area contributed by atoms with Crippen LogP contribution < -0.4 is 0 Å². The second-order valence-corrected chi connectivity index (χ2v) is 4.43. The summed E-state index contributed by atoms with van der Waals surface area (Å²) < 4.78 is 13.7. The molecule has 1 rings (SSSR count). The summed E-state index contributed by atoms with van der Waals surface area (Å²) in [6, 6.07) is 4.92. The molecule has 0 N–H and O–H groups in total. The highest BCUT2D eigenvalue weighted by Gasteiger charge is 2.15. The van der Waals surface area contributed by atoms with Crippen LogP contribution in [-0.2, 0) is 11.2 Å². The van der Waals surface area contributed by atoms with Crippen LogP contribution in [0.25, 0.3) is 0 Å². The third-order valence-electron chi connectivity index (χ3n) is 2.57. The lowest BCUT2D eigenvalue weighted by Crippen LogP contribution is -2.13. The Morgan fingerprint density at radius 1 is 1.53 bits per heavy atom. The van der Waals surface area contributed by atoms with Crippen LogP contribution in [0.1, 0.15) is 25.8 Å². The fraction of sp³-hybridized carbons (Fsp3) is 0.417. The number of ketones is 1. The normalized spacial score (nSPS) is 12.5. The van der Waals surface area contributed by atoms with Gasteiger partial charge in [-0.2, -0.15) is 0 Å². The van der Waals surface area contributed by atoms with E-state index in [-0.39, 0.29) is 17.5 Å². The second kappa shape index (κ2) is 5.40. The molecule has 0 saturated heterocycles. The van der Waals surface area contributed by atoms with E-state index in [1.165, 1.54) is 6.07 Å². The molecule has 0 aromatic heterocycles. The van der Waals surface area contributed by atoms with Gasteiger partial charge in [-0.05, 0) is 47.3 Å². The highest BCUT2D eigenvalue weighted by Crippen LogP contribution is 2.24. The number of hydrogen-bond donors (Lipinski definition) is 0. The molecule has 1 aromatic carbocycles. The summed E-state index contributed by atoms with van der Waals surface area (Å²) in [5, 5.41) is 0. The first-order valence-corrected chi connectivity index (χ1v) is 5.78. The molecule has 0 aliphatic carbocycles. The Kier molecular flexibility index (Phi) is 4.45. The third-order valence-corrected chi connectivity index (χ3v) is 3.45. The molecule has 0 spiro atoms. The highest BCUT2D eigenvalue weighted by molar-refractivity contribution is 9.10. The zero-order valence-corrected chi connectivity index (χ0v) is 10.5. The molecule has 15 heavy (non-hydrogen) atoms. The van der Waals surface area contributed by atoms with Gasteiger partial charge in [-0.25, -0.2) is 4.39 Å². The van der Waals surface area contributed by atoms with Gasteiger partial charge in [0, 0.05) is 5.92 Å². The van der Waals surface area contributed by atoms with E-state index in [4.69, 9.17) is 0 Å². The van der Waals surface area contributed by atoms with Crippen LogP contribution >= 0.6 is 15.9 Å². The Morgan fingerprint density at radius 3 is 2.73 bits per heavy atom. The van der Waals surface area contributed by atoms with Crippen molar-refractivity contribution in [3.05, 3.63) is 34.1 Å². The molecular formula is C12H14BrFO. The first kappa shape index (κ1) is 12.4. The van der Waals surface area contributed by atoms with Gasteiger partial charge in [0.1, 0.15) is 11.6 Å². The van der Waals surface area contributed by atoms with Gasteiger partial charge in [-0.15, -0.1) is 0 Å². The minimum atomic E-state index is -0.272. The van der Waals surface area contributed by atoms with Crippen LogP contribution in [0.15, 0.2) is 22.7 Å². The van der Waals surface area contributed by atoms with E-state index in [0.717, 1.165) is 12.0 Å². The maximum Gasteiger partial charge on any atom is 0.137 e. The standard InChI is InChI=1S/C12H14BrFO/c1-3-9(8(2)15)7-10-5-4-6-11(14)12(10)13/h4-6,9H,3,7H2,1-2H3. The maximum absolute atomic E-state index is 13.2. The van der Waals surface area contributed by atoms with E-state index in [2.05, 4.69) is 15.9 Å². The molecule has 0 radical (unpaired) electrons. The van der Waals surface area contributed by atoms with Crippen LogP contribution in [0.4, 0.5) is 4.39 Å². The minimum Gasteiger partial charge on any atom is -0.300 e. The molecule has 1 aromatic rings. The molecule has 82 valence electrons. The molecule has 1 unspecified atom stereocenters. The maximum atomic E-state index is 13.2. The van der Waals surface area contributed by atoms with Crippen LogP contribution in [-0.4, -0.2) is 5.78 Å². The Morgan fingerprint density at radius 2 is 2.20 bits per heavy atom. The van der Waals surface area contributed by atoms with Crippen LogP contribution in [0, 0.1) is 11.7 Å². The van der Waals surface area contributed by atoms with Gasteiger partial charge < -0.3 is 0 Å². The second-order valence-electron chi connectivity index (χ2n) is 3.63. The van der Waals surface area contributed by atoms with Crippen molar-refractivity contribution in [2.45, 2.75) is 26.7 Å². The fourth-order valence-corrected chi connectivity index (χ4v) is 1.97. The molecule has 0 bridgehead atoms. The summed E-state index contributed by atoms with van der Waals surface area (Å²) >= 11 is 3.20. The van der Waals surface area contributed by atoms with E-state index < -0.39 is 0 Å². The zero-order chi connectivity index (χ0) is 11.4. The quantitative estimate of drug-likeness (QED) is 0.816. The number of carbonyl (C=O) groups excluding carboxylic acids is 1. The molecule has 0 aliphatic rings. The average molecular weight is 273 g/mol. The summed E-state index contributed by atoms with van der Waals surface area (Å²) in [6.45, 7) is 3.56. The molecule has 0 amide bonds. The van der Waals surface area contributed by atoms with Gasteiger partial charge in [0.2, 0.25) is 0 Å². The predicted octanol–water partition coefficient (Wildman–Crippen LogP) is 3.75. The molecule has 3 heteroatoms. The van der Waals surface area contributed by atoms with E-state index in [0.29, 0.717) is 10.9 Å². The molecular weight excluding hydrogens is 259 g/mol. The minimum absolute atomic E-state index is 0.0110. The van der Waals surface area contributed by atoms with Gasteiger partial charge >= 0.3 is 0 Å². The number of hydrogen-bond acceptors (Lipinski definition) is 1. The molecule has 1 nitrogen and oxygen atoms in total. The predicted molar refractivity (Wildman–Crippen MR) is 62.3 cm³/mol. The van der Waals surface area contributed by atoms with Crippen molar-refractivity contribution in [2.24, 2.45) is 5.92 Å². The van der Waals surface area contributed by atoms with Gasteiger partial charge in [0.05, 0.1) is 4.47 Å². The van der Waals surface area contributed by atoms with Crippen LogP contribution in [0.2, 0.25) is 0 Å². The van der Waals surface area contributed by atoms with E-state index in [1.54, 1.807) is 13.0 Å².